The number of rotatable bonds is 9. The molecule has 3 aromatic carbocycles. The lowest BCUT2D eigenvalue weighted by atomic mass is 10.2. The Balaban J connectivity index is 1.64. The number of hydrogen-bond acceptors (Lipinski definition) is 6. The highest BCUT2D eigenvalue weighted by molar-refractivity contribution is 8.04. The highest BCUT2D eigenvalue weighted by atomic mass is 35.5. The van der Waals surface area contributed by atoms with Crippen LogP contribution in [0.25, 0.3) is 0 Å². The zero-order valence-corrected chi connectivity index (χ0v) is 22.4. The Labute approximate surface area is 225 Å². The Morgan fingerprint density at radius 2 is 1.68 bits per heavy atom. The van der Waals surface area contributed by atoms with Gasteiger partial charge < -0.3 is 10.1 Å². The quantitative estimate of drug-likeness (QED) is 0.183. The molecule has 2 amide bonds. The third kappa shape index (κ3) is 6.06. The molecule has 0 aliphatic carbocycles. The maximum Gasteiger partial charge on any atom is 0.338 e. The minimum absolute atomic E-state index is 0.184. The first kappa shape index (κ1) is 26.5. The van der Waals surface area contributed by atoms with E-state index in [1.807, 2.05) is 45.0 Å². The fourth-order valence-electron chi connectivity index (χ4n) is 3.71. The van der Waals surface area contributed by atoms with E-state index in [0.29, 0.717) is 28.6 Å². The Kier molecular flexibility index (Phi) is 8.36. The maximum atomic E-state index is 13.6. The molecule has 0 radical (unpaired) electrons. The summed E-state index contributed by atoms with van der Waals surface area (Å²) in [5, 5.41) is 3.75. The second-order valence-electron chi connectivity index (χ2n) is 8.69. The lowest BCUT2D eigenvalue weighted by Gasteiger charge is -2.16. The molecule has 4 rings (SSSR count). The number of aryl methyl sites for hydroxylation is 2. The van der Waals surface area contributed by atoms with E-state index in [9.17, 15) is 14.4 Å². The van der Waals surface area contributed by atoms with Crippen molar-refractivity contribution in [2.45, 2.75) is 38.5 Å². The summed E-state index contributed by atoms with van der Waals surface area (Å²) in [4.78, 5) is 41.7. The van der Waals surface area contributed by atoms with Gasteiger partial charge in [0.1, 0.15) is 10.6 Å². The third-order valence-electron chi connectivity index (χ3n) is 5.82. The van der Waals surface area contributed by atoms with E-state index in [0.717, 1.165) is 33.8 Å². The van der Waals surface area contributed by atoms with Gasteiger partial charge >= 0.3 is 5.97 Å². The monoisotopic (exact) mass is 534 g/mol. The molecule has 1 aliphatic rings. The van der Waals surface area contributed by atoms with Crippen LogP contribution in [0.4, 0.5) is 11.4 Å². The first-order valence-corrected chi connectivity index (χ1v) is 13.2. The van der Waals surface area contributed by atoms with Crippen LogP contribution in [0.2, 0.25) is 5.02 Å². The average Bonchev–Trinajstić information content (AvgIpc) is 3.11. The van der Waals surface area contributed by atoms with Crippen LogP contribution in [0.1, 0.15) is 41.3 Å². The van der Waals surface area contributed by atoms with Crippen LogP contribution in [0.15, 0.2) is 82.2 Å². The van der Waals surface area contributed by atoms with E-state index in [4.69, 9.17) is 16.3 Å². The summed E-state index contributed by atoms with van der Waals surface area (Å²) in [6.45, 7) is 6.23. The number of halogens is 1. The lowest BCUT2D eigenvalue weighted by Crippen LogP contribution is -2.32. The topological polar surface area (TPSA) is 75.7 Å². The molecule has 0 saturated heterocycles. The molecular formula is C29H27ClN2O4S. The number of carbonyl (C=O) groups is 3. The zero-order chi connectivity index (χ0) is 26.5. The molecule has 1 heterocycles. The number of unbranched alkanes of at least 4 members (excludes halogenated alkanes) is 1. The molecule has 0 aromatic heterocycles. The first-order valence-electron chi connectivity index (χ1n) is 12.0. The largest absolute Gasteiger partial charge is 0.462 e. The van der Waals surface area contributed by atoms with Gasteiger partial charge in [0.05, 0.1) is 17.9 Å². The van der Waals surface area contributed by atoms with Crippen LogP contribution < -0.4 is 10.2 Å². The SMILES string of the molecule is CCCCOC(=O)c1ccc(N2C(=O)C(Nc3ccc(Cl)cc3C)=C(Sc3ccc(C)cc3)C2=O)cc1. The predicted molar refractivity (Wildman–Crippen MR) is 148 cm³/mol. The molecule has 0 unspecified atom stereocenters. The molecule has 37 heavy (non-hydrogen) atoms. The maximum absolute atomic E-state index is 13.6. The van der Waals surface area contributed by atoms with Gasteiger partial charge in [0.2, 0.25) is 0 Å². The van der Waals surface area contributed by atoms with Crippen molar-refractivity contribution in [3.8, 4) is 0 Å². The van der Waals surface area contributed by atoms with Crippen molar-refractivity contribution < 1.29 is 19.1 Å². The summed E-state index contributed by atoms with van der Waals surface area (Å²) in [6, 6.07) is 19.3. The van der Waals surface area contributed by atoms with Crippen molar-refractivity contribution in [3.05, 3.63) is 99.0 Å². The van der Waals surface area contributed by atoms with E-state index >= 15 is 0 Å². The van der Waals surface area contributed by atoms with Crippen molar-refractivity contribution in [1.29, 1.82) is 0 Å². The van der Waals surface area contributed by atoms with E-state index in [-0.39, 0.29) is 10.6 Å². The Bertz CT molecular complexity index is 1370. The van der Waals surface area contributed by atoms with Crippen LogP contribution in [-0.4, -0.2) is 24.4 Å². The molecule has 0 fully saturated rings. The second-order valence-corrected chi connectivity index (χ2v) is 10.2. The highest BCUT2D eigenvalue weighted by Crippen LogP contribution is 2.38. The Morgan fingerprint density at radius 1 is 0.973 bits per heavy atom. The molecule has 6 nitrogen and oxygen atoms in total. The first-order chi connectivity index (χ1) is 17.8. The van der Waals surface area contributed by atoms with Crippen LogP contribution in [-0.2, 0) is 14.3 Å². The van der Waals surface area contributed by atoms with Crippen molar-refractivity contribution in [2.24, 2.45) is 0 Å². The molecule has 1 aliphatic heterocycles. The number of nitrogens with zero attached hydrogens (tertiary/aromatic N) is 1. The second kappa shape index (κ2) is 11.7. The normalized spacial score (nSPS) is 13.4. The summed E-state index contributed by atoms with van der Waals surface area (Å²) >= 11 is 7.33. The number of hydrogen-bond donors (Lipinski definition) is 1. The van der Waals surface area contributed by atoms with E-state index < -0.39 is 17.8 Å². The molecule has 3 aromatic rings. The summed E-state index contributed by atoms with van der Waals surface area (Å²) < 4.78 is 5.25. The Hall–Kier alpha value is -3.55. The van der Waals surface area contributed by atoms with Gasteiger partial charge in [-0.1, -0.05) is 54.4 Å². The number of imide groups is 1. The summed E-state index contributed by atoms with van der Waals surface area (Å²) in [5.74, 6) is -1.36. The fourth-order valence-corrected chi connectivity index (χ4v) is 4.87. The van der Waals surface area contributed by atoms with Crippen molar-refractivity contribution in [2.75, 3.05) is 16.8 Å². The van der Waals surface area contributed by atoms with E-state index in [1.54, 1.807) is 42.5 Å². The predicted octanol–water partition coefficient (Wildman–Crippen LogP) is 6.90. The summed E-state index contributed by atoms with van der Waals surface area (Å²) in [5.41, 5.74) is 3.52. The number of nitrogens with one attached hydrogen (secondary N) is 1. The van der Waals surface area contributed by atoms with Crippen molar-refractivity contribution >= 4 is 52.5 Å². The van der Waals surface area contributed by atoms with Gasteiger partial charge in [0.15, 0.2) is 0 Å². The zero-order valence-electron chi connectivity index (χ0n) is 20.8. The number of anilines is 2. The van der Waals surface area contributed by atoms with Gasteiger partial charge in [-0.15, -0.1) is 0 Å². The summed E-state index contributed by atoms with van der Waals surface area (Å²) in [7, 11) is 0. The smallest absolute Gasteiger partial charge is 0.338 e. The van der Waals surface area contributed by atoms with Gasteiger partial charge in [-0.2, -0.15) is 0 Å². The van der Waals surface area contributed by atoms with E-state index in [2.05, 4.69) is 5.32 Å². The summed E-state index contributed by atoms with van der Waals surface area (Å²) in [6.07, 6.45) is 1.71. The number of carbonyl (C=O) groups excluding carboxylic acids is 3. The average molecular weight is 535 g/mol. The molecular weight excluding hydrogens is 508 g/mol. The number of amides is 2. The molecule has 1 N–H and O–H groups in total. The molecule has 0 bridgehead atoms. The van der Waals surface area contributed by atoms with Crippen molar-refractivity contribution in [1.82, 2.24) is 0 Å². The molecule has 0 atom stereocenters. The van der Waals surface area contributed by atoms with Gasteiger partial charge in [0.25, 0.3) is 11.8 Å². The third-order valence-corrected chi connectivity index (χ3v) is 7.15. The minimum Gasteiger partial charge on any atom is -0.462 e. The van der Waals surface area contributed by atoms with Gasteiger partial charge in [-0.05, 0) is 80.4 Å². The van der Waals surface area contributed by atoms with Crippen molar-refractivity contribution in [3.63, 3.8) is 0 Å². The lowest BCUT2D eigenvalue weighted by molar-refractivity contribution is -0.120. The van der Waals surface area contributed by atoms with E-state index in [1.165, 1.54) is 11.8 Å². The fraction of sp³-hybridized carbons (Fsp3) is 0.207. The minimum atomic E-state index is -0.479. The highest BCUT2D eigenvalue weighted by Gasteiger charge is 2.40. The molecule has 0 spiro atoms. The number of esters is 1. The number of benzene rings is 3. The van der Waals surface area contributed by atoms with Gasteiger partial charge in [-0.3, -0.25) is 9.59 Å². The molecule has 190 valence electrons. The van der Waals surface area contributed by atoms with Gasteiger partial charge in [-0.25, -0.2) is 9.69 Å². The molecule has 0 saturated carbocycles. The van der Waals surface area contributed by atoms with Crippen LogP contribution in [0, 0.1) is 13.8 Å². The van der Waals surface area contributed by atoms with Crippen LogP contribution in [0.3, 0.4) is 0 Å². The molecule has 8 heteroatoms. The Morgan fingerprint density at radius 3 is 2.32 bits per heavy atom. The van der Waals surface area contributed by atoms with Gasteiger partial charge in [0, 0.05) is 15.6 Å². The standard InChI is InChI=1S/C29H27ClN2O4S/c1-4-5-16-36-29(35)20-8-11-22(12-9-20)32-27(33)25(31-24-15-10-21(30)17-19(24)3)26(28(32)34)37-23-13-6-18(2)7-14-23/h6-15,17,31H,4-5,16H2,1-3H3. The number of thioether (sulfide) groups is 1. The number of ether oxygens (including phenoxy) is 1. The van der Waals surface area contributed by atoms with Crippen LogP contribution >= 0.6 is 23.4 Å². The van der Waals surface area contributed by atoms with Crippen LogP contribution in [0.5, 0.6) is 0 Å².